The van der Waals surface area contributed by atoms with E-state index in [0.29, 0.717) is 10.6 Å². The molecule has 0 aliphatic carbocycles. The van der Waals surface area contributed by atoms with Crippen molar-refractivity contribution in [3.05, 3.63) is 34.2 Å². The number of aryl methyl sites for hydroxylation is 1. The van der Waals surface area contributed by atoms with Gasteiger partial charge >= 0.3 is 5.97 Å². The summed E-state index contributed by atoms with van der Waals surface area (Å²) in [6.07, 6.45) is 1.58. The minimum atomic E-state index is -0.893. The maximum Gasteiger partial charge on any atom is 0.345 e. The van der Waals surface area contributed by atoms with Crippen LogP contribution in [0.3, 0.4) is 0 Å². The molecule has 0 aliphatic rings. The highest BCUT2D eigenvalue weighted by Gasteiger charge is 2.13. The molecule has 0 spiro atoms. The zero-order valence-corrected chi connectivity index (χ0v) is 8.30. The topological polar surface area (TPSA) is 50.4 Å². The minimum Gasteiger partial charge on any atom is -0.477 e. The third-order valence-corrected chi connectivity index (χ3v) is 2.95. The Balaban J connectivity index is 2.50. The molecule has 2 rings (SSSR count). The van der Waals surface area contributed by atoms with Gasteiger partial charge in [-0.1, -0.05) is 0 Å². The summed E-state index contributed by atoms with van der Waals surface area (Å²) in [7, 11) is 0. The van der Waals surface area contributed by atoms with Crippen molar-refractivity contribution >= 4 is 17.3 Å². The highest BCUT2D eigenvalue weighted by molar-refractivity contribution is 7.14. The van der Waals surface area contributed by atoms with Gasteiger partial charge in [0, 0.05) is 10.4 Å². The molecule has 0 unspecified atom stereocenters. The fourth-order valence-corrected chi connectivity index (χ4v) is 2.13. The standard InChI is InChI=1S/C10H8O3S/c1-6-7(8-3-2-4-13-8)5-9(14-6)10(11)12/h2-5H,1H3,(H,11,12). The number of carbonyl (C=O) groups is 1. The SMILES string of the molecule is Cc1sc(C(=O)O)cc1-c1ccco1. The van der Waals surface area contributed by atoms with Gasteiger partial charge in [0.2, 0.25) is 0 Å². The molecule has 0 atom stereocenters. The largest absolute Gasteiger partial charge is 0.477 e. The van der Waals surface area contributed by atoms with Crippen LogP contribution in [0.4, 0.5) is 0 Å². The second kappa shape index (κ2) is 3.31. The number of carboxylic acid groups (broad SMARTS) is 1. The van der Waals surface area contributed by atoms with Gasteiger partial charge < -0.3 is 9.52 Å². The number of thiophene rings is 1. The Hall–Kier alpha value is -1.55. The van der Waals surface area contributed by atoms with Crippen molar-refractivity contribution in [2.45, 2.75) is 6.92 Å². The van der Waals surface area contributed by atoms with E-state index in [1.54, 1.807) is 18.4 Å². The molecule has 2 aromatic rings. The Kier molecular flexibility index (Phi) is 2.13. The van der Waals surface area contributed by atoms with E-state index in [1.165, 1.54) is 11.3 Å². The average molecular weight is 208 g/mol. The van der Waals surface area contributed by atoms with Crippen LogP contribution in [-0.4, -0.2) is 11.1 Å². The Morgan fingerprint density at radius 3 is 2.86 bits per heavy atom. The van der Waals surface area contributed by atoms with Gasteiger partial charge in [-0.25, -0.2) is 4.79 Å². The normalized spacial score (nSPS) is 10.4. The molecule has 0 bridgehead atoms. The van der Waals surface area contributed by atoms with Crippen molar-refractivity contribution in [2.24, 2.45) is 0 Å². The van der Waals surface area contributed by atoms with Crippen molar-refractivity contribution in [3.8, 4) is 11.3 Å². The molecule has 14 heavy (non-hydrogen) atoms. The van der Waals surface area contributed by atoms with E-state index in [2.05, 4.69) is 0 Å². The third-order valence-electron chi connectivity index (χ3n) is 1.92. The first-order valence-corrected chi connectivity index (χ1v) is 4.87. The highest BCUT2D eigenvalue weighted by atomic mass is 32.1. The second-order valence-electron chi connectivity index (χ2n) is 2.86. The lowest BCUT2D eigenvalue weighted by Gasteiger charge is -1.91. The predicted octanol–water partition coefficient (Wildman–Crippen LogP) is 3.01. The van der Waals surface area contributed by atoms with Crippen molar-refractivity contribution in [1.29, 1.82) is 0 Å². The molecule has 2 heterocycles. The maximum atomic E-state index is 10.7. The fraction of sp³-hybridized carbons (Fsp3) is 0.100. The number of hydrogen-bond acceptors (Lipinski definition) is 3. The molecule has 0 saturated heterocycles. The van der Waals surface area contributed by atoms with Gasteiger partial charge in [0.1, 0.15) is 10.6 Å². The Labute approximate surface area is 84.6 Å². The number of hydrogen-bond donors (Lipinski definition) is 1. The predicted molar refractivity (Wildman–Crippen MR) is 53.7 cm³/mol. The molecule has 0 aromatic carbocycles. The second-order valence-corrected chi connectivity index (χ2v) is 4.12. The number of furan rings is 1. The summed E-state index contributed by atoms with van der Waals surface area (Å²) >= 11 is 1.26. The fourth-order valence-electron chi connectivity index (χ4n) is 1.26. The molecular weight excluding hydrogens is 200 g/mol. The Morgan fingerprint density at radius 2 is 2.36 bits per heavy atom. The van der Waals surface area contributed by atoms with E-state index in [0.717, 1.165) is 10.4 Å². The summed E-state index contributed by atoms with van der Waals surface area (Å²) < 4.78 is 5.21. The van der Waals surface area contributed by atoms with Gasteiger partial charge in [0.25, 0.3) is 0 Å². The molecular formula is C10H8O3S. The number of carboxylic acids is 1. The van der Waals surface area contributed by atoms with Crippen LogP contribution in [0.2, 0.25) is 0 Å². The van der Waals surface area contributed by atoms with E-state index in [-0.39, 0.29) is 0 Å². The average Bonchev–Trinajstić information content (AvgIpc) is 2.71. The lowest BCUT2D eigenvalue weighted by molar-refractivity contribution is 0.0702. The zero-order valence-electron chi connectivity index (χ0n) is 7.48. The van der Waals surface area contributed by atoms with Crippen LogP contribution in [0.25, 0.3) is 11.3 Å². The van der Waals surface area contributed by atoms with Crippen LogP contribution in [0.15, 0.2) is 28.9 Å². The smallest absolute Gasteiger partial charge is 0.345 e. The molecule has 2 aromatic heterocycles. The van der Waals surface area contributed by atoms with Gasteiger partial charge in [-0.3, -0.25) is 0 Å². The maximum absolute atomic E-state index is 10.7. The van der Waals surface area contributed by atoms with Crippen molar-refractivity contribution in [1.82, 2.24) is 0 Å². The molecule has 1 N–H and O–H groups in total. The summed E-state index contributed by atoms with van der Waals surface area (Å²) in [5.41, 5.74) is 0.859. The van der Waals surface area contributed by atoms with E-state index in [1.807, 2.05) is 13.0 Å². The summed E-state index contributed by atoms with van der Waals surface area (Å²) in [5, 5.41) is 8.80. The van der Waals surface area contributed by atoms with Crippen LogP contribution in [0, 0.1) is 6.92 Å². The Morgan fingerprint density at radius 1 is 1.57 bits per heavy atom. The van der Waals surface area contributed by atoms with Gasteiger partial charge in [0.05, 0.1) is 6.26 Å². The molecule has 0 aliphatic heterocycles. The van der Waals surface area contributed by atoms with E-state index in [9.17, 15) is 4.79 Å². The molecule has 0 fully saturated rings. The molecule has 0 amide bonds. The first kappa shape index (κ1) is 9.02. The van der Waals surface area contributed by atoms with Crippen molar-refractivity contribution in [3.63, 3.8) is 0 Å². The Bertz CT molecular complexity index is 454. The highest BCUT2D eigenvalue weighted by Crippen LogP contribution is 2.31. The van der Waals surface area contributed by atoms with Crippen LogP contribution in [-0.2, 0) is 0 Å². The number of aromatic carboxylic acids is 1. The third kappa shape index (κ3) is 1.44. The summed E-state index contributed by atoms with van der Waals surface area (Å²) in [4.78, 5) is 12.0. The van der Waals surface area contributed by atoms with Crippen LogP contribution >= 0.6 is 11.3 Å². The monoisotopic (exact) mass is 208 g/mol. The van der Waals surface area contributed by atoms with E-state index in [4.69, 9.17) is 9.52 Å². The van der Waals surface area contributed by atoms with E-state index < -0.39 is 5.97 Å². The quantitative estimate of drug-likeness (QED) is 0.825. The van der Waals surface area contributed by atoms with Crippen molar-refractivity contribution in [2.75, 3.05) is 0 Å². The van der Waals surface area contributed by atoms with Crippen molar-refractivity contribution < 1.29 is 14.3 Å². The summed E-state index contributed by atoms with van der Waals surface area (Å²) in [5.74, 6) is -0.179. The minimum absolute atomic E-state index is 0.342. The number of rotatable bonds is 2. The summed E-state index contributed by atoms with van der Waals surface area (Å²) in [6.45, 7) is 1.88. The van der Waals surface area contributed by atoms with Crippen LogP contribution < -0.4 is 0 Å². The molecule has 0 radical (unpaired) electrons. The molecule has 3 nitrogen and oxygen atoms in total. The van der Waals surface area contributed by atoms with Crippen LogP contribution in [0.5, 0.6) is 0 Å². The van der Waals surface area contributed by atoms with Crippen LogP contribution in [0.1, 0.15) is 14.5 Å². The lowest BCUT2D eigenvalue weighted by Crippen LogP contribution is -1.89. The van der Waals surface area contributed by atoms with Gasteiger partial charge in [-0.2, -0.15) is 0 Å². The van der Waals surface area contributed by atoms with Gasteiger partial charge in [-0.05, 0) is 25.1 Å². The van der Waals surface area contributed by atoms with Gasteiger partial charge in [0.15, 0.2) is 0 Å². The summed E-state index contributed by atoms with van der Waals surface area (Å²) in [6, 6.07) is 5.24. The first-order chi connectivity index (χ1) is 6.68. The van der Waals surface area contributed by atoms with Gasteiger partial charge in [-0.15, -0.1) is 11.3 Å². The molecule has 72 valence electrons. The molecule has 0 saturated carbocycles. The zero-order chi connectivity index (χ0) is 10.1. The first-order valence-electron chi connectivity index (χ1n) is 4.06. The van der Waals surface area contributed by atoms with E-state index >= 15 is 0 Å². The molecule has 4 heteroatoms. The lowest BCUT2D eigenvalue weighted by atomic mass is 10.2.